The van der Waals surface area contributed by atoms with Crippen molar-refractivity contribution < 1.29 is 9.53 Å². The molecule has 0 bridgehead atoms. The Bertz CT molecular complexity index is 1240. The zero-order valence-corrected chi connectivity index (χ0v) is 19.8. The van der Waals surface area contributed by atoms with E-state index < -0.39 is 0 Å². The quantitative estimate of drug-likeness (QED) is 0.321. The van der Waals surface area contributed by atoms with E-state index >= 15 is 0 Å². The number of hydrogen-bond donors (Lipinski definition) is 1. The highest BCUT2D eigenvalue weighted by Gasteiger charge is 2.11. The van der Waals surface area contributed by atoms with Crippen LogP contribution in [0.4, 0.5) is 5.82 Å². The van der Waals surface area contributed by atoms with Gasteiger partial charge in [0.1, 0.15) is 12.4 Å². The minimum atomic E-state index is -0.238. The molecule has 0 aliphatic rings. The third-order valence-corrected chi connectivity index (χ3v) is 5.98. The maximum absolute atomic E-state index is 12.6. The molecule has 168 valence electrons. The lowest BCUT2D eigenvalue weighted by Crippen LogP contribution is -2.13. The highest BCUT2D eigenvalue weighted by atomic mass is 35.5. The van der Waals surface area contributed by atoms with E-state index in [0.717, 1.165) is 28.0 Å². The van der Waals surface area contributed by atoms with Crippen molar-refractivity contribution in [1.82, 2.24) is 9.78 Å². The monoisotopic (exact) mass is 479 g/mol. The topological polar surface area (TPSA) is 56.1 Å². The average molecular weight is 480 g/mol. The molecule has 0 saturated carbocycles. The molecule has 0 atom stereocenters. The summed E-state index contributed by atoms with van der Waals surface area (Å²) in [6.07, 6.45) is 1.77. The van der Waals surface area contributed by atoms with Gasteiger partial charge in [-0.1, -0.05) is 59.6 Å². The molecular weight excluding hydrogens is 457 g/mol. The van der Waals surface area contributed by atoms with Gasteiger partial charge in [-0.3, -0.25) is 9.48 Å². The second-order valence-electron chi connectivity index (χ2n) is 7.76. The third-order valence-electron chi connectivity index (χ3n) is 5.27. The molecule has 1 aromatic heterocycles. The number of rotatable bonds is 7. The normalized spacial score (nSPS) is 10.8. The molecule has 0 fully saturated rings. The van der Waals surface area contributed by atoms with Gasteiger partial charge in [0.2, 0.25) is 0 Å². The highest BCUT2D eigenvalue weighted by molar-refractivity contribution is 6.35. The maximum Gasteiger partial charge on any atom is 0.256 e. The Morgan fingerprint density at radius 2 is 1.58 bits per heavy atom. The van der Waals surface area contributed by atoms with Gasteiger partial charge in [-0.2, -0.15) is 5.10 Å². The van der Waals surface area contributed by atoms with E-state index in [1.807, 2.05) is 44.2 Å². The van der Waals surface area contributed by atoms with Crippen LogP contribution in [0.1, 0.15) is 32.6 Å². The second-order valence-corrected chi connectivity index (χ2v) is 8.57. The van der Waals surface area contributed by atoms with Crippen LogP contribution in [0.25, 0.3) is 0 Å². The zero-order chi connectivity index (χ0) is 23.4. The molecule has 4 rings (SSSR count). The number of nitrogens with zero attached hydrogens (tertiary/aromatic N) is 2. The highest BCUT2D eigenvalue weighted by Crippen LogP contribution is 2.25. The van der Waals surface area contributed by atoms with E-state index in [2.05, 4.69) is 10.4 Å². The first kappa shape index (κ1) is 22.9. The van der Waals surface area contributed by atoms with Crippen molar-refractivity contribution in [3.63, 3.8) is 0 Å². The smallest absolute Gasteiger partial charge is 0.256 e. The number of ether oxygens (including phenoxy) is 1. The van der Waals surface area contributed by atoms with Gasteiger partial charge in [-0.05, 0) is 54.8 Å². The van der Waals surface area contributed by atoms with E-state index in [0.29, 0.717) is 34.6 Å². The van der Waals surface area contributed by atoms with Crippen LogP contribution in [0.3, 0.4) is 0 Å². The number of hydrogen-bond acceptors (Lipinski definition) is 3. The Balaban J connectivity index is 1.36. The molecule has 0 aliphatic carbocycles. The summed E-state index contributed by atoms with van der Waals surface area (Å²) in [4.78, 5) is 12.6. The van der Waals surface area contributed by atoms with Crippen molar-refractivity contribution in [3.05, 3.63) is 111 Å². The van der Waals surface area contributed by atoms with Crippen LogP contribution in [0.15, 0.2) is 72.9 Å². The third kappa shape index (κ3) is 5.56. The summed E-state index contributed by atoms with van der Waals surface area (Å²) in [6, 6.07) is 20.5. The molecule has 0 radical (unpaired) electrons. The van der Waals surface area contributed by atoms with Crippen molar-refractivity contribution in [2.24, 2.45) is 0 Å². The van der Waals surface area contributed by atoms with Crippen LogP contribution in [0.2, 0.25) is 10.0 Å². The molecule has 1 N–H and O–H groups in total. The molecule has 1 amide bonds. The average Bonchev–Trinajstić information content (AvgIpc) is 3.23. The van der Waals surface area contributed by atoms with Gasteiger partial charge < -0.3 is 10.1 Å². The number of aryl methyl sites for hydroxylation is 2. The molecule has 33 heavy (non-hydrogen) atoms. The van der Waals surface area contributed by atoms with Crippen molar-refractivity contribution in [3.8, 4) is 5.75 Å². The molecule has 3 aromatic carbocycles. The van der Waals surface area contributed by atoms with Crippen LogP contribution in [-0.4, -0.2) is 15.7 Å². The number of amides is 1. The van der Waals surface area contributed by atoms with E-state index in [-0.39, 0.29) is 5.91 Å². The lowest BCUT2D eigenvalue weighted by atomic mass is 10.1. The fourth-order valence-corrected chi connectivity index (χ4v) is 4.00. The number of nitrogens with one attached hydrogen (secondary N) is 1. The molecular formula is C26H23Cl2N3O2. The number of benzene rings is 3. The molecule has 0 spiro atoms. The number of halogens is 2. The van der Waals surface area contributed by atoms with Crippen molar-refractivity contribution in [1.29, 1.82) is 0 Å². The fraction of sp³-hybridized carbons (Fsp3) is 0.154. The van der Waals surface area contributed by atoms with Crippen LogP contribution in [0, 0.1) is 13.8 Å². The van der Waals surface area contributed by atoms with Crippen LogP contribution >= 0.6 is 23.2 Å². The summed E-state index contributed by atoms with van der Waals surface area (Å²) in [6.45, 7) is 4.90. The number of anilines is 1. The van der Waals surface area contributed by atoms with Gasteiger partial charge in [-0.25, -0.2) is 0 Å². The molecule has 4 aromatic rings. The predicted octanol–water partition coefficient (Wildman–Crippen LogP) is 6.69. The van der Waals surface area contributed by atoms with E-state index in [4.69, 9.17) is 27.9 Å². The number of carbonyl (C=O) groups is 1. The zero-order valence-electron chi connectivity index (χ0n) is 18.3. The SMILES string of the molecule is Cc1cccc(C)c1OCc1ccc(C(=O)Nc2ccn(Cc3c(Cl)cccc3Cl)n2)cc1. The summed E-state index contributed by atoms with van der Waals surface area (Å²) >= 11 is 12.5. The van der Waals surface area contributed by atoms with Crippen molar-refractivity contribution in [2.75, 3.05) is 5.32 Å². The van der Waals surface area contributed by atoms with Gasteiger partial charge >= 0.3 is 0 Å². The predicted molar refractivity (Wildman–Crippen MR) is 132 cm³/mol. The fourth-order valence-electron chi connectivity index (χ4n) is 3.48. The Labute approximate surface area is 202 Å². The molecule has 0 saturated heterocycles. The lowest BCUT2D eigenvalue weighted by molar-refractivity contribution is 0.102. The van der Waals surface area contributed by atoms with Crippen LogP contribution in [-0.2, 0) is 13.2 Å². The molecule has 1 heterocycles. The maximum atomic E-state index is 12.6. The molecule has 0 unspecified atom stereocenters. The Hall–Kier alpha value is -3.28. The first-order chi connectivity index (χ1) is 15.9. The molecule has 5 nitrogen and oxygen atoms in total. The summed E-state index contributed by atoms with van der Waals surface area (Å²) in [5, 5.41) is 8.36. The standard InChI is InChI=1S/C26H23Cl2N3O2/c1-17-5-3-6-18(2)25(17)33-16-19-9-11-20(12-10-19)26(32)29-24-13-14-31(30-24)15-21-22(27)7-4-8-23(21)28/h3-14H,15-16H2,1-2H3,(H,29,30,32). The number of aromatic nitrogens is 2. The van der Waals surface area contributed by atoms with E-state index in [9.17, 15) is 4.79 Å². The second kappa shape index (κ2) is 10.1. The minimum absolute atomic E-state index is 0.238. The minimum Gasteiger partial charge on any atom is -0.488 e. The Kier molecular flexibility index (Phi) is 7.02. The van der Waals surface area contributed by atoms with Crippen molar-refractivity contribution in [2.45, 2.75) is 27.0 Å². The van der Waals surface area contributed by atoms with Gasteiger partial charge in [0.25, 0.3) is 5.91 Å². The van der Waals surface area contributed by atoms with E-state index in [1.165, 1.54) is 0 Å². The largest absolute Gasteiger partial charge is 0.488 e. The first-order valence-electron chi connectivity index (χ1n) is 10.5. The number of carbonyl (C=O) groups excluding carboxylic acids is 1. The summed E-state index contributed by atoms with van der Waals surface area (Å²) in [5.41, 5.74) is 4.50. The van der Waals surface area contributed by atoms with E-state index in [1.54, 1.807) is 47.3 Å². The van der Waals surface area contributed by atoms with Crippen molar-refractivity contribution >= 4 is 34.9 Å². The van der Waals surface area contributed by atoms with Gasteiger partial charge in [-0.15, -0.1) is 0 Å². The number of para-hydroxylation sites is 1. The van der Waals surface area contributed by atoms with Gasteiger partial charge in [0.15, 0.2) is 5.82 Å². The molecule has 7 heteroatoms. The summed E-state index contributed by atoms with van der Waals surface area (Å²) in [5.74, 6) is 1.11. The van der Waals surface area contributed by atoms with Gasteiger partial charge in [0.05, 0.1) is 6.54 Å². The first-order valence-corrected chi connectivity index (χ1v) is 11.2. The molecule has 0 aliphatic heterocycles. The Morgan fingerprint density at radius 1 is 0.939 bits per heavy atom. The lowest BCUT2D eigenvalue weighted by Gasteiger charge is -2.12. The van der Waals surface area contributed by atoms with Crippen LogP contribution in [0.5, 0.6) is 5.75 Å². The van der Waals surface area contributed by atoms with Crippen LogP contribution < -0.4 is 10.1 Å². The van der Waals surface area contributed by atoms with Gasteiger partial charge in [0, 0.05) is 33.4 Å². The summed E-state index contributed by atoms with van der Waals surface area (Å²) < 4.78 is 7.66. The Morgan fingerprint density at radius 3 is 2.24 bits per heavy atom. The summed E-state index contributed by atoms with van der Waals surface area (Å²) in [7, 11) is 0.